The zero-order chi connectivity index (χ0) is 11.5. The van der Waals surface area contributed by atoms with Crippen LogP contribution in [0.1, 0.15) is 10.6 Å². The first-order valence-corrected chi connectivity index (χ1v) is 4.54. The lowest BCUT2D eigenvalue weighted by molar-refractivity contribution is 0.0996. The minimum Gasteiger partial charge on any atom is -0.506 e. The summed E-state index contributed by atoms with van der Waals surface area (Å²) in [4.78, 5) is 11.6. The van der Waals surface area contributed by atoms with Crippen LogP contribution < -0.4 is 5.32 Å². The van der Waals surface area contributed by atoms with Crippen molar-refractivity contribution in [2.24, 2.45) is 0 Å². The third-order valence-corrected chi connectivity index (χ3v) is 2.00. The van der Waals surface area contributed by atoms with E-state index >= 15 is 0 Å². The van der Waals surface area contributed by atoms with Crippen molar-refractivity contribution >= 4 is 11.6 Å². The number of amides is 1. The van der Waals surface area contributed by atoms with Gasteiger partial charge in [-0.15, -0.1) is 0 Å². The van der Waals surface area contributed by atoms with Gasteiger partial charge >= 0.3 is 0 Å². The molecular formula is C11H9NO4. The van der Waals surface area contributed by atoms with Gasteiger partial charge in [0, 0.05) is 0 Å². The van der Waals surface area contributed by atoms with E-state index in [2.05, 4.69) is 5.32 Å². The summed E-state index contributed by atoms with van der Waals surface area (Å²) in [6, 6.07) is 7.23. The van der Waals surface area contributed by atoms with E-state index in [1.807, 2.05) is 0 Å². The average Bonchev–Trinajstić information content (AvgIpc) is 2.76. The lowest BCUT2D eigenvalue weighted by Crippen LogP contribution is -2.11. The number of hydrogen-bond donors (Lipinski definition) is 3. The van der Waals surface area contributed by atoms with E-state index in [1.54, 1.807) is 6.07 Å². The number of para-hydroxylation sites is 1. The van der Waals surface area contributed by atoms with E-state index in [4.69, 9.17) is 4.42 Å². The maximum Gasteiger partial charge on any atom is 0.291 e. The molecule has 0 atom stereocenters. The summed E-state index contributed by atoms with van der Waals surface area (Å²) in [5, 5.41) is 21.2. The van der Waals surface area contributed by atoms with Gasteiger partial charge < -0.3 is 19.9 Å². The van der Waals surface area contributed by atoms with Gasteiger partial charge in [-0.1, -0.05) is 6.07 Å². The summed E-state index contributed by atoms with van der Waals surface area (Å²) in [5.41, 5.74) is -0.0381. The molecule has 82 valence electrons. The number of carbonyl (C=O) groups excluding carboxylic acids is 1. The second-order valence-electron chi connectivity index (χ2n) is 3.10. The molecular weight excluding hydrogens is 210 g/mol. The average molecular weight is 219 g/mol. The maximum atomic E-state index is 11.6. The van der Waals surface area contributed by atoms with Gasteiger partial charge in [0.1, 0.15) is 17.2 Å². The topological polar surface area (TPSA) is 82.7 Å². The summed E-state index contributed by atoms with van der Waals surface area (Å²) in [5.74, 6) is -0.857. The summed E-state index contributed by atoms with van der Waals surface area (Å²) in [6.45, 7) is 0. The minimum atomic E-state index is -0.540. The molecule has 0 aliphatic rings. The SMILES string of the molecule is O=C(Nc1c(O)cccc1O)c1ccco1. The highest BCUT2D eigenvalue weighted by Gasteiger charge is 2.13. The molecule has 1 aromatic carbocycles. The van der Waals surface area contributed by atoms with Gasteiger partial charge in [0.15, 0.2) is 5.76 Å². The Hall–Kier alpha value is -2.43. The van der Waals surface area contributed by atoms with Crippen LogP contribution in [0.5, 0.6) is 11.5 Å². The number of carbonyl (C=O) groups is 1. The Morgan fingerprint density at radius 2 is 1.81 bits per heavy atom. The normalized spacial score (nSPS) is 10.0. The van der Waals surface area contributed by atoms with Gasteiger partial charge in [-0.25, -0.2) is 0 Å². The number of nitrogens with one attached hydrogen (secondary N) is 1. The maximum absolute atomic E-state index is 11.6. The van der Waals surface area contributed by atoms with Crippen molar-refractivity contribution in [3.05, 3.63) is 42.4 Å². The van der Waals surface area contributed by atoms with Crippen LogP contribution in [0.3, 0.4) is 0 Å². The van der Waals surface area contributed by atoms with Crippen LogP contribution >= 0.6 is 0 Å². The molecule has 0 aliphatic carbocycles. The van der Waals surface area contributed by atoms with E-state index in [0.29, 0.717) is 0 Å². The first kappa shape index (κ1) is 10.1. The predicted molar refractivity (Wildman–Crippen MR) is 56.4 cm³/mol. The number of rotatable bonds is 2. The summed E-state index contributed by atoms with van der Waals surface area (Å²) < 4.78 is 4.87. The number of phenolic OH excluding ortho intramolecular Hbond substituents is 2. The van der Waals surface area contributed by atoms with Crippen LogP contribution in [0, 0.1) is 0 Å². The zero-order valence-electron chi connectivity index (χ0n) is 8.18. The van der Waals surface area contributed by atoms with Crippen molar-refractivity contribution < 1.29 is 19.4 Å². The molecule has 0 aliphatic heterocycles. The van der Waals surface area contributed by atoms with Gasteiger partial charge in [0.2, 0.25) is 0 Å². The fourth-order valence-corrected chi connectivity index (χ4v) is 1.24. The number of hydrogen-bond acceptors (Lipinski definition) is 4. The summed E-state index contributed by atoms with van der Waals surface area (Å²) in [6.07, 6.45) is 1.36. The highest BCUT2D eigenvalue weighted by molar-refractivity contribution is 6.03. The number of benzene rings is 1. The van der Waals surface area contributed by atoms with Gasteiger partial charge in [0.05, 0.1) is 6.26 Å². The first-order chi connectivity index (χ1) is 7.68. The highest BCUT2D eigenvalue weighted by atomic mass is 16.3. The van der Waals surface area contributed by atoms with E-state index < -0.39 is 5.91 Å². The molecule has 1 heterocycles. The molecule has 0 unspecified atom stereocenters. The second-order valence-corrected chi connectivity index (χ2v) is 3.10. The van der Waals surface area contributed by atoms with Crippen LogP contribution in [-0.2, 0) is 0 Å². The van der Waals surface area contributed by atoms with Crippen molar-refractivity contribution in [1.82, 2.24) is 0 Å². The highest BCUT2D eigenvalue weighted by Crippen LogP contribution is 2.32. The third-order valence-electron chi connectivity index (χ3n) is 2.00. The Bertz CT molecular complexity index is 484. The van der Waals surface area contributed by atoms with Crippen LogP contribution in [0.15, 0.2) is 41.0 Å². The van der Waals surface area contributed by atoms with Crippen molar-refractivity contribution in [3.8, 4) is 11.5 Å². The van der Waals surface area contributed by atoms with Crippen molar-refractivity contribution in [3.63, 3.8) is 0 Å². The largest absolute Gasteiger partial charge is 0.506 e. The Kier molecular flexibility index (Phi) is 2.51. The fraction of sp³-hybridized carbons (Fsp3) is 0. The van der Waals surface area contributed by atoms with Gasteiger partial charge in [0.25, 0.3) is 5.91 Å². The zero-order valence-corrected chi connectivity index (χ0v) is 8.18. The lowest BCUT2D eigenvalue weighted by Gasteiger charge is -2.07. The molecule has 1 aromatic heterocycles. The van der Waals surface area contributed by atoms with E-state index in [9.17, 15) is 15.0 Å². The van der Waals surface area contributed by atoms with E-state index in [1.165, 1.54) is 30.5 Å². The molecule has 0 bridgehead atoms. The number of anilines is 1. The molecule has 16 heavy (non-hydrogen) atoms. The Morgan fingerprint density at radius 3 is 2.38 bits per heavy atom. The lowest BCUT2D eigenvalue weighted by atomic mass is 10.2. The quantitative estimate of drug-likeness (QED) is 0.674. The number of furan rings is 1. The molecule has 0 fully saturated rings. The van der Waals surface area contributed by atoms with Crippen LogP contribution in [-0.4, -0.2) is 16.1 Å². The molecule has 0 saturated carbocycles. The number of phenols is 2. The smallest absolute Gasteiger partial charge is 0.291 e. The number of aromatic hydroxyl groups is 2. The van der Waals surface area contributed by atoms with Crippen molar-refractivity contribution in [2.45, 2.75) is 0 Å². The molecule has 3 N–H and O–H groups in total. The van der Waals surface area contributed by atoms with Gasteiger partial charge in [-0.3, -0.25) is 4.79 Å². The predicted octanol–water partition coefficient (Wildman–Crippen LogP) is 1.94. The van der Waals surface area contributed by atoms with Crippen molar-refractivity contribution in [1.29, 1.82) is 0 Å². The molecule has 2 aromatic rings. The van der Waals surface area contributed by atoms with E-state index in [0.717, 1.165) is 0 Å². The van der Waals surface area contributed by atoms with Crippen LogP contribution in [0.2, 0.25) is 0 Å². The summed E-state index contributed by atoms with van der Waals surface area (Å²) in [7, 11) is 0. The molecule has 0 radical (unpaired) electrons. The fourth-order valence-electron chi connectivity index (χ4n) is 1.24. The second kappa shape index (κ2) is 3.98. The van der Waals surface area contributed by atoms with Gasteiger partial charge in [-0.2, -0.15) is 0 Å². The molecule has 1 amide bonds. The molecule has 0 spiro atoms. The molecule has 2 rings (SSSR count). The standard InChI is InChI=1S/C11H9NO4/c13-7-3-1-4-8(14)10(7)12-11(15)9-5-2-6-16-9/h1-6,13-14H,(H,12,15). The molecule has 0 saturated heterocycles. The minimum absolute atomic E-state index is 0.0381. The van der Waals surface area contributed by atoms with E-state index in [-0.39, 0.29) is 22.9 Å². The Labute approximate surface area is 90.9 Å². The third kappa shape index (κ3) is 1.83. The van der Waals surface area contributed by atoms with Crippen molar-refractivity contribution in [2.75, 3.05) is 5.32 Å². The Balaban J connectivity index is 2.25. The molecule has 5 nitrogen and oxygen atoms in total. The Morgan fingerprint density at radius 1 is 1.12 bits per heavy atom. The van der Waals surface area contributed by atoms with Gasteiger partial charge in [-0.05, 0) is 24.3 Å². The van der Waals surface area contributed by atoms with Crippen LogP contribution in [0.25, 0.3) is 0 Å². The summed E-state index contributed by atoms with van der Waals surface area (Å²) >= 11 is 0. The van der Waals surface area contributed by atoms with Crippen LogP contribution in [0.4, 0.5) is 5.69 Å². The molecule has 5 heteroatoms. The monoisotopic (exact) mass is 219 g/mol. The first-order valence-electron chi connectivity index (χ1n) is 4.54.